The molecule has 5 atom stereocenters. The zero-order valence-electron chi connectivity index (χ0n) is 19.7. The van der Waals surface area contributed by atoms with Gasteiger partial charge in [-0.3, -0.25) is 14.4 Å². The van der Waals surface area contributed by atoms with Gasteiger partial charge in [0.2, 0.25) is 17.7 Å². The standard InChI is InChI=1S/C23H33N5O5S2/c1-3-12(2)19(28-21(30)18(11-35)27-20(29)15(24)10-34)22(31)26-17(23(32)33)8-13-9-25-16-7-5-4-6-14(13)16/h4-7,9,12,15,17-19,25,34-35H,3,8,10-11,24H2,1-2H3,(H,26,31)(H,27,29)(H,28,30)(H,32,33). The first-order chi connectivity index (χ1) is 16.6. The van der Waals surface area contributed by atoms with Crippen LogP contribution in [-0.4, -0.2) is 69.5 Å². The summed E-state index contributed by atoms with van der Waals surface area (Å²) in [6.45, 7) is 3.62. The number of nitrogens with two attached hydrogens (primary N) is 1. The van der Waals surface area contributed by atoms with Crippen molar-refractivity contribution in [2.45, 2.75) is 50.9 Å². The SMILES string of the molecule is CCC(C)C(NC(=O)C(CS)NC(=O)C(N)CS)C(=O)NC(Cc1c[nH]c2ccccc12)C(=O)O. The molecule has 1 aromatic heterocycles. The molecule has 1 aromatic carbocycles. The highest BCUT2D eigenvalue weighted by Crippen LogP contribution is 2.19. The van der Waals surface area contributed by atoms with E-state index in [1.807, 2.05) is 31.2 Å². The second-order valence-corrected chi connectivity index (χ2v) is 9.10. The number of benzene rings is 1. The Morgan fingerprint density at radius 2 is 1.66 bits per heavy atom. The van der Waals surface area contributed by atoms with Gasteiger partial charge in [-0.2, -0.15) is 25.3 Å². The molecule has 0 radical (unpaired) electrons. The number of nitrogens with one attached hydrogen (secondary N) is 4. The van der Waals surface area contributed by atoms with E-state index in [2.05, 4.69) is 46.2 Å². The lowest BCUT2D eigenvalue weighted by molar-refractivity contribution is -0.142. The molecule has 1 heterocycles. The number of carboxylic acids is 1. The molecule has 0 fully saturated rings. The molecule has 5 unspecified atom stereocenters. The Balaban J connectivity index is 2.15. The second-order valence-electron chi connectivity index (χ2n) is 8.37. The number of H-pyrrole nitrogens is 1. The molecule has 3 amide bonds. The minimum absolute atomic E-state index is 0.0238. The van der Waals surface area contributed by atoms with Crippen molar-refractivity contribution in [2.75, 3.05) is 11.5 Å². The van der Waals surface area contributed by atoms with Gasteiger partial charge in [0.05, 0.1) is 6.04 Å². The van der Waals surface area contributed by atoms with Gasteiger partial charge in [-0.05, 0) is 17.5 Å². The summed E-state index contributed by atoms with van der Waals surface area (Å²) < 4.78 is 0. The van der Waals surface area contributed by atoms with Crippen LogP contribution in [0.2, 0.25) is 0 Å². The van der Waals surface area contributed by atoms with Crippen molar-refractivity contribution in [3.05, 3.63) is 36.0 Å². The van der Waals surface area contributed by atoms with Crippen LogP contribution in [-0.2, 0) is 25.6 Å². The van der Waals surface area contributed by atoms with Crippen molar-refractivity contribution in [3.8, 4) is 0 Å². The van der Waals surface area contributed by atoms with Crippen molar-refractivity contribution in [1.29, 1.82) is 0 Å². The highest BCUT2D eigenvalue weighted by Gasteiger charge is 2.32. The Morgan fingerprint density at radius 1 is 1.00 bits per heavy atom. The summed E-state index contributed by atoms with van der Waals surface area (Å²) >= 11 is 8.09. The summed E-state index contributed by atoms with van der Waals surface area (Å²) in [5.41, 5.74) is 7.25. The van der Waals surface area contributed by atoms with Crippen LogP contribution in [0.5, 0.6) is 0 Å². The van der Waals surface area contributed by atoms with E-state index in [-0.39, 0.29) is 23.8 Å². The van der Waals surface area contributed by atoms with Crippen LogP contribution >= 0.6 is 25.3 Å². The number of fused-ring (bicyclic) bond motifs is 1. The molecule has 0 saturated carbocycles. The van der Waals surface area contributed by atoms with Gasteiger partial charge in [-0.1, -0.05) is 38.5 Å². The molecule has 0 aliphatic carbocycles. The van der Waals surface area contributed by atoms with Crippen LogP contribution in [0, 0.1) is 5.92 Å². The number of hydrogen-bond donors (Lipinski definition) is 8. The van der Waals surface area contributed by atoms with E-state index in [1.54, 1.807) is 13.1 Å². The first-order valence-electron chi connectivity index (χ1n) is 11.3. The fraction of sp³-hybridized carbons (Fsp3) is 0.478. The average Bonchev–Trinajstić information content (AvgIpc) is 3.26. The largest absolute Gasteiger partial charge is 0.480 e. The lowest BCUT2D eigenvalue weighted by Crippen LogP contribution is -2.59. The number of aromatic amines is 1. The Morgan fingerprint density at radius 3 is 2.26 bits per heavy atom. The Bertz CT molecular complexity index is 1050. The fourth-order valence-electron chi connectivity index (χ4n) is 3.49. The summed E-state index contributed by atoms with van der Waals surface area (Å²) in [4.78, 5) is 53.1. The van der Waals surface area contributed by atoms with Gasteiger partial charge in [-0.15, -0.1) is 0 Å². The summed E-state index contributed by atoms with van der Waals surface area (Å²) in [6, 6.07) is 3.31. The summed E-state index contributed by atoms with van der Waals surface area (Å²) in [6.07, 6.45) is 2.32. The lowest BCUT2D eigenvalue weighted by Gasteiger charge is -2.27. The third-order valence-electron chi connectivity index (χ3n) is 5.86. The number of amides is 3. The van der Waals surface area contributed by atoms with Crippen molar-refractivity contribution in [2.24, 2.45) is 11.7 Å². The number of carboxylic acid groups (broad SMARTS) is 1. The number of para-hydroxylation sites is 1. The maximum atomic E-state index is 13.1. The first kappa shape index (κ1) is 28.5. The van der Waals surface area contributed by atoms with E-state index in [4.69, 9.17) is 5.73 Å². The Hall–Kier alpha value is -2.70. The van der Waals surface area contributed by atoms with Gasteiger partial charge in [0, 0.05) is 35.0 Å². The Kier molecular flexibility index (Phi) is 10.9. The van der Waals surface area contributed by atoms with Gasteiger partial charge in [0.25, 0.3) is 0 Å². The van der Waals surface area contributed by atoms with Gasteiger partial charge in [-0.25, -0.2) is 4.79 Å². The Labute approximate surface area is 215 Å². The molecule has 0 aliphatic rings. The van der Waals surface area contributed by atoms with Crippen LogP contribution in [0.25, 0.3) is 10.9 Å². The normalized spacial score (nSPS) is 15.5. The number of carbonyl (C=O) groups is 4. The predicted molar refractivity (Wildman–Crippen MR) is 141 cm³/mol. The van der Waals surface area contributed by atoms with Crippen molar-refractivity contribution >= 4 is 59.9 Å². The minimum Gasteiger partial charge on any atom is -0.480 e. The molecule has 35 heavy (non-hydrogen) atoms. The topological polar surface area (TPSA) is 166 Å². The maximum Gasteiger partial charge on any atom is 0.326 e. The molecule has 0 bridgehead atoms. The quantitative estimate of drug-likeness (QED) is 0.178. The first-order valence-corrected chi connectivity index (χ1v) is 12.6. The van der Waals surface area contributed by atoms with Crippen molar-refractivity contribution < 1.29 is 24.3 Å². The molecular formula is C23H33N5O5S2. The van der Waals surface area contributed by atoms with Crippen LogP contribution in [0.4, 0.5) is 0 Å². The highest BCUT2D eigenvalue weighted by atomic mass is 32.1. The van der Waals surface area contributed by atoms with Crippen LogP contribution < -0.4 is 21.7 Å². The van der Waals surface area contributed by atoms with Crippen LogP contribution in [0.1, 0.15) is 25.8 Å². The smallest absolute Gasteiger partial charge is 0.326 e. The van der Waals surface area contributed by atoms with Crippen LogP contribution in [0.15, 0.2) is 30.5 Å². The highest BCUT2D eigenvalue weighted by molar-refractivity contribution is 7.80. The second kappa shape index (κ2) is 13.4. The van der Waals surface area contributed by atoms with Gasteiger partial charge >= 0.3 is 5.97 Å². The zero-order valence-corrected chi connectivity index (χ0v) is 21.4. The minimum atomic E-state index is -1.21. The maximum absolute atomic E-state index is 13.1. The molecule has 12 heteroatoms. The summed E-state index contributed by atoms with van der Waals surface area (Å²) in [7, 11) is 0. The average molecular weight is 524 g/mol. The summed E-state index contributed by atoms with van der Waals surface area (Å²) in [5, 5.41) is 18.3. The molecule has 7 N–H and O–H groups in total. The molecule has 2 rings (SSSR count). The number of carbonyl (C=O) groups excluding carboxylic acids is 3. The lowest BCUT2D eigenvalue weighted by atomic mass is 9.97. The van der Waals surface area contributed by atoms with E-state index in [1.165, 1.54) is 0 Å². The van der Waals surface area contributed by atoms with Gasteiger partial charge in [0.15, 0.2) is 0 Å². The molecule has 2 aromatic rings. The van der Waals surface area contributed by atoms with Gasteiger partial charge < -0.3 is 31.8 Å². The monoisotopic (exact) mass is 523 g/mol. The fourth-order valence-corrected chi connectivity index (χ4v) is 3.92. The third-order valence-corrected chi connectivity index (χ3v) is 6.61. The van der Waals surface area contributed by atoms with E-state index in [0.29, 0.717) is 6.42 Å². The molecule has 192 valence electrons. The zero-order chi connectivity index (χ0) is 26.1. The third kappa shape index (κ3) is 7.64. The van der Waals surface area contributed by atoms with Crippen molar-refractivity contribution in [3.63, 3.8) is 0 Å². The van der Waals surface area contributed by atoms with E-state index in [9.17, 15) is 24.3 Å². The number of thiol groups is 2. The van der Waals surface area contributed by atoms with E-state index >= 15 is 0 Å². The van der Waals surface area contributed by atoms with Crippen molar-refractivity contribution in [1.82, 2.24) is 20.9 Å². The molecule has 10 nitrogen and oxygen atoms in total. The molecular weight excluding hydrogens is 490 g/mol. The number of hydrogen-bond acceptors (Lipinski definition) is 7. The van der Waals surface area contributed by atoms with E-state index < -0.39 is 47.9 Å². The summed E-state index contributed by atoms with van der Waals surface area (Å²) in [5.74, 6) is -3.25. The molecule has 0 spiro atoms. The number of rotatable bonds is 13. The van der Waals surface area contributed by atoms with E-state index in [0.717, 1.165) is 16.5 Å². The molecule has 0 saturated heterocycles. The number of aromatic nitrogens is 1. The van der Waals surface area contributed by atoms with Gasteiger partial charge in [0.1, 0.15) is 18.1 Å². The predicted octanol–water partition coefficient (Wildman–Crippen LogP) is 0.482. The molecule has 0 aliphatic heterocycles. The number of aliphatic carboxylic acids is 1. The van der Waals surface area contributed by atoms with Crippen LogP contribution in [0.3, 0.4) is 0 Å².